The average molecular weight is 394 g/mol. The summed E-state index contributed by atoms with van der Waals surface area (Å²) in [5.74, 6) is -2.21. The van der Waals surface area contributed by atoms with Crippen molar-refractivity contribution in [1.29, 1.82) is 0 Å². The highest BCUT2D eigenvalue weighted by Crippen LogP contribution is 2.50. The zero-order valence-electron chi connectivity index (χ0n) is 16.4. The lowest BCUT2D eigenvalue weighted by atomic mass is 9.80. The van der Waals surface area contributed by atoms with Crippen LogP contribution in [0.4, 0.5) is 5.69 Å². The fourth-order valence-electron chi connectivity index (χ4n) is 4.47. The zero-order valence-corrected chi connectivity index (χ0v) is 16.4. The van der Waals surface area contributed by atoms with E-state index in [1.807, 2.05) is 18.2 Å². The Bertz CT molecular complexity index is 959. The lowest BCUT2D eigenvalue weighted by Gasteiger charge is -2.28. The van der Waals surface area contributed by atoms with Crippen molar-refractivity contribution < 1.29 is 23.9 Å². The molecule has 0 unspecified atom stereocenters. The van der Waals surface area contributed by atoms with Crippen LogP contribution >= 0.6 is 0 Å². The minimum absolute atomic E-state index is 0.327. The lowest BCUT2D eigenvalue weighted by molar-refractivity contribution is -0.151. The molecular formula is C22H22N2O5. The SMILES string of the molecule is COC(=O)[C@]1(C)N[C@@H](c2ccc(OC)cc2)[C@H]2C(=O)N(c3ccccc3)C(=O)[C@H]21. The molecule has 7 nitrogen and oxygen atoms in total. The van der Waals surface area contributed by atoms with Gasteiger partial charge in [0.05, 0.1) is 31.7 Å². The van der Waals surface area contributed by atoms with Gasteiger partial charge in [0, 0.05) is 6.04 Å². The largest absolute Gasteiger partial charge is 0.497 e. The smallest absolute Gasteiger partial charge is 0.326 e. The van der Waals surface area contributed by atoms with Crippen LogP contribution in [0.1, 0.15) is 18.5 Å². The molecule has 2 amide bonds. The maximum Gasteiger partial charge on any atom is 0.326 e. The standard InChI is InChI=1S/C22H22N2O5/c1-22(21(27)29-3)17-16(18(23-22)13-9-11-15(28-2)12-10-13)19(25)24(20(17)26)14-7-5-4-6-8-14/h4-12,16-18,23H,1-3H3/t16-,17-,18-,22+/m0/s1. The van der Waals surface area contributed by atoms with Crippen LogP contribution in [0, 0.1) is 11.8 Å². The topological polar surface area (TPSA) is 84.9 Å². The van der Waals surface area contributed by atoms with Gasteiger partial charge in [-0.2, -0.15) is 0 Å². The number of anilines is 1. The minimum Gasteiger partial charge on any atom is -0.497 e. The van der Waals surface area contributed by atoms with E-state index in [1.165, 1.54) is 12.0 Å². The van der Waals surface area contributed by atoms with E-state index in [0.717, 1.165) is 5.56 Å². The molecule has 4 rings (SSSR count). The van der Waals surface area contributed by atoms with Crippen molar-refractivity contribution in [3.05, 3.63) is 60.2 Å². The van der Waals surface area contributed by atoms with Crippen LogP contribution in [-0.2, 0) is 19.1 Å². The molecule has 2 aromatic carbocycles. The van der Waals surface area contributed by atoms with Crippen LogP contribution in [0.2, 0.25) is 0 Å². The van der Waals surface area contributed by atoms with Crippen molar-refractivity contribution in [1.82, 2.24) is 5.32 Å². The Morgan fingerprint density at radius 2 is 1.66 bits per heavy atom. The van der Waals surface area contributed by atoms with E-state index in [0.29, 0.717) is 11.4 Å². The number of imide groups is 1. The summed E-state index contributed by atoms with van der Waals surface area (Å²) in [6.07, 6.45) is 0. The van der Waals surface area contributed by atoms with Crippen molar-refractivity contribution in [2.45, 2.75) is 18.5 Å². The first kappa shape index (κ1) is 19.1. The number of hydrogen-bond acceptors (Lipinski definition) is 6. The molecule has 0 spiro atoms. The maximum absolute atomic E-state index is 13.4. The highest BCUT2D eigenvalue weighted by molar-refractivity contribution is 6.24. The number of carbonyl (C=O) groups is 3. The number of rotatable bonds is 4. The summed E-state index contributed by atoms with van der Waals surface area (Å²) in [5, 5.41) is 3.22. The third-order valence-electron chi connectivity index (χ3n) is 5.89. The van der Waals surface area contributed by atoms with Crippen LogP contribution in [0.3, 0.4) is 0 Å². The number of fused-ring (bicyclic) bond motifs is 1. The maximum atomic E-state index is 13.4. The van der Waals surface area contributed by atoms with Crippen LogP contribution in [0.5, 0.6) is 5.75 Å². The second kappa shape index (κ2) is 7.00. The Kier molecular flexibility index (Phi) is 4.62. The van der Waals surface area contributed by atoms with E-state index in [4.69, 9.17) is 9.47 Å². The summed E-state index contributed by atoms with van der Waals surface area (Å²) < 4.78 is 10.2. The Hall–Kier alpha value is -3.19. The number of benzene rings is 2. The molecule has 2 aliphatic rings. The van der Waals surface area contributed by atoms with Gasteiger partial charge in [-0.1, -0.05) is 30.3 Å². The molecule has 0 saturated carbocycles. The second-order valence-corrected chi connectivity index (χ2v) is 7.44. The van der Waals surface area contributed by atoms with Gasteiger partial charge < -0.3 is 9.47 Å². The summed E-state index contributed by atoms with van der Waals surface area (Å²) >= 11 is 0. The van der Waals surface area contributed by atoms with Gasteiger partial charge in [-0.15, -0.1) is 0 Å². The van der Waals surface area contributed by atoms with Gasteiger partial charge in [0.1, 0.15) is 11.3 Å². The lowest BCUT2D eigenvalue weighted by Crippen LogP contribution is -2.54. The first-order valence-electron chi connectivity index (χ1n) is 9.35. The predicted molar refractivity (Wildman–Crippen MR) is 105 cm³/mol. The zero-order chi connectivity index (χ0) is 20.8. The minimum atomic E-state index is -1.32. The summed E-state index contributed by atoms with van der Waals surface area (Å²) in [6, 6.07) is 15.5. The number of nitrogens with one attached hydrogen (secondary N) is 1. The van der Waals surface area contributed by atoms with Gasteiger partial charge in [0.25, 0.3) is 0 Å². The number of amides is 2. The quantitative estimate of drug-likeness (QED) is 0.631. The summed E-state index contributed by atoms with van der Waals surface area (Å²) in [5.41, 5.74) is -0.0256. The van der Waals surface area contributed by atoms with Gasteiger partial charge in [0.2, 0.25) is 11.8 Å². The molecule has 2 aromatic rings. The Morgan fingerprint density at radius 1 is 1.00 bits per heavy atom. The Morgan fingerprint density at radius 3 is 2.24 bits per heavy atom. The number of ether oxygens (including phenoxy) is 2. The van der Waals surface area contributed by atoms with E-state index < -0.39 is 35.3 Å². The van der Waals surface area contributed by atoms with E-state index in [-0.39, 0.29) is 5.91 Å². The molecule has 1 N–H and O–H groups in total. The third-order valence-corrected chi connectivity index (χ3v) is 5.89. The van der Waals surface area contributed by atoms with Crippen LogP contribution in [0.25, 0.3) is 0 Å². The van der Waals surface area contributed by atoms with Gasteiger partial charge in [-0.25, -0.2) is 4.90 Å². The molecule has 4 atom stereocenters. The first-order valence-corrected chi connectivity index (χ1v) is 9.35. The first-order chi connectivity index (χ1) is 13.9. The van der Waals surface area contributed by atoms with E-state index in [1.54, 1.807) is 50.4 Å². The molecule has 0 bridgehead atoms. The normalized spacial score (nSPS) is 28.4. The number of para-hydroxylation sites is 1. The fraction of sp³-hybridized carbons (Fsp3) is 0.318. The summed E-state index contributed by atoms with van der Waals surface area (Å²) in [6.45, 7) is 1.62. The molecule has 29 heavy (non-hydrogen) atoms. The average Bonchev–Trinajstić information content (AvgIpc) is 3.22. The molecule has 2 fully saturated rings. The Balaban J connectivity index is 1.80. The summed E-state index contributed by atoms with van der Waals surface area (Å²) in [4.78, 5) is 40.6. The predicted octanol–water partition coefficient (Wildman–Crippen LogP) is 2.08. The fourth-order valence-corrected chi connectivity index (χ4v) is 4.47. The highest BCUT2D eigenvalue weighted by Gasteiger charge is 2.67. The monoisotopic (exact) mass is 394 g/mol. The van der Waals surface area contributed by atoms with Crippen molar-refractivity contribution in [2.24, 2.45) is 11.8 Å². The molecule has 7 heteroatoms. The van der Waals surface area contributed by atoms with Gasteiger partial charge >= 0.3 is 5.97 Å². The molecular weight excluding hydrogens is 372 g/mol. The van der Waals surface area contributed by atoms with Crippen molar-refractivity contribution >= 4 is 23.5 Å². The van der Waals surface area contributed by atoms with Crippen molar-refractivity contribution in [3.8, 4) is 5.75 Å². The molecule has 0 aromatic heterocycles. The number of hydrogen-bond donors (Lipinski definition) is 1. The van der Waals surface area contributed by atoms with Crippen LogP contribution < -0.4 is 15.0 Å². The molecule has 0 aliphatic carbocycles. The molecule has 2 saturated heterocycles. The van der Waals surface area contributed by atoms with Crippen molar-refractivity contribution in [3.63, 3.8) is 0 Å². The van der Waals surface area contributed by atoms with Crippen molar-refractivity contribution in [2.75, 3.05) is 19.1 Å². The Labute approximate surface area is 168 Å². The second-order valence-electron chi connectivity index (χ2n) is 7.44. The molecule has 2 heterocycles. The van der Waals surface area contributed by atoms with Crippen LogP contribution in [0.15, 0.2) is 54.6 Å². The number of carbonyl (C=O) groups excluding carboxylic acids is 3. The van der Waals surface area contributed by atoms with Gasteiger partial charge in [-0.05, 0) is 36.8 Å². The van der Waals surface area contributed by atoms with E-state index in [2.05, 4.69) is 5.32 Å². The molecule has 0 radical (unpaired) electrons. The van der Waals surface area contributed by atoms with Gasteiger partial charge in [0.15, 0.2) is 0 Å². The van der Waals surface area contributed by atoms with Crippen LogP contribution in [-0.4, -0.2) is 37.5 Å². The molecule has 2 aliphatic heterocycles. The summed E-state index contributed by atoms with van der Waals surface area (Å²) in [7, 11) is 2.85. The number of esters is 1. The highest BCUT2D eigenvalue weighted by atomic mass is 16.5. The third kappa shape index (κ3) is 2.81. The van der Waals surface area contributed by atoms with E-state index in [9.17, 15) is 14.4 Å². The number of methoxy groups -OCH3 is 2. The molecule has 150 valence electrons. The van der Waals surface area contributed by atoms with E-state index >= 15 is 0 Å². The number of nitrogens with zero attached hydrogens (tertiary/aromatic N) is 1. The van der Waals surface area contributed by atoms with Gasteiger partial charge in [-0.3, -0.25) is 19.7 Å².